The third kappa shape index (κ3) is 5.55. The second-order valence-electron chi connectivity index (χ2n) is 4.83. The van der Waals surface area contributed by atoms with Crippen LogP contribution in [0.4, 0.5) is 0 Å². The number of nitrogens with one attached hydrogen (secondary N) is 1. The van der Waals surface area contributed by atoms with Gasteiger partial charge < -0.3 is 10.4 Å². The van der Waals surface area contributed by atoms with E-state index in [2.05, 4.69) is 50.4 Å². The standard InChI is InChI=1S/C16H27NOS/c1-4-10-17-16(13(3)19-12-11-18)15-8-6-14(5-2)7-9-15/h6-9,13,16-18H,4-5,10-12H2,1-3H3. The van der Waals surface area contributed by atoms with Crippen molar-refractivity contribution in [2.75, 3.05) is 18.9 Å². The SMILES string of the molecule is CCCNC(c1ccc(CC)cc1)C(C)SCCO. The van der Waals surface area contributed by atoms with Gasteiger partial charge in [0.25, 0.3) is 0 Å². The van der Waals surface area contributed by atoms with Gasteiger partial charge in [0.15, 0.2) is 0 Å². The van der Waals surface area contributed by atoms with Gasteiger partial charge in [-0.1, -0.05) is 45.0 Å². The summed E-state index contributed by atoms with van der Waals surface area (Å²) >= 11 is 1.83. The summed E-state index contributed by atoms with van der Waals surface area (Å²) in [5, 5.41) is 13.1. The van der Waals surface area contributed by atoms with Crippen LogP contribution in [0.25, 0.3) is 0 Å². The second-order valence-corrected chi connectivity index (χ2v) is 6.31. The van der Waals surface area contributed by atoms with E-state index in [-0.39, 0.29) is 6.61 Å². The van der Waals surface area contributed by atoms with E-state index < -0.39 is 0 Å². The number of aliphatic hydroxyl groups is 1. The molecule has 0 saturated carbocycles. The summed E-state index contributed by atoms with van der Waals surface area (Å²) in [6.07, 6.45) is 2.23. The van der Waals surface area contributed by atoms with Crippen LogP contribution in [0, 0.1) is 0 Å². The Kier molecular flexibility index (Phi) is 8.19. The Morgan fingerprint density at radius 2 is 1.89 bits per heavy atom. The van der Waals surface area contributed by atoms with E-state index in [1.807, 2.05) is 11.8 Å². The van der Waals surface area contributed by atoms with Crippen molar-refractivity contribution in [3.8, 4) is 0 Å². The van der Waals surface area contributed by atoms with Gasteiger partial charge in [-0.2, -0.15) is 11.8 Å². The van der Waals surface area contributed by atoms with Crippen LogP contribution >= 0.6 is 11.8 Å². The lowest BCUT2D eigenvalue weighted by molar-refractivity contribution is 0.322. The van der Waals surface area contributed by atoms with Crippen molar-refractivity contribution in [2.45, 2.75) is 44.9 Å². The molecule has 0 aromatic heterocycles. The average molecular weight is 281 g/mol. The highest BCUT2D eigenvalue weighted by atomic mass is 32.2. The van der Waals surface area contributed by atoms with Gasteiger partial charge >= 0.3 is 0 Å². The van der Waals surface area contributed by atoms with Crippen LogP contribution in [0.2, 0.25) is 0 Å². The van der Waals surface area contributed by atoms with Crippen molar-refractivity contribution in [3.05, 3.63) is 35.4 Å². The lowest BCUT2D eigenvalue weighted by atomic mass is 10.0. The molecule has 2 unspecified atom stereocenters. The Hall–Kier alpha value is -0.510. The predicted molar refractivity (Wildman–Crippen MR) is 85.9 cm³/mol. The number of rotatable bonds is 9. The topological polar surface area (TPSA) is 32.3 Å². The molecule has 0 bridgehead atoms. The maximum Gasteiger partial charge on any atom is 0.0521 e. The molecule has 0 aliphatic heterocycles. The van der Waals surface area contributed by atoms with Crippen LogP contribution in [0.3, 0.4) is 0 Å². The molecule has 0 fully saturated rings. The molecule has 108 valence electrons. The van der Waals surface area contributed by atoms with Gasteiger partial charge in [-0.3, -0.25) is 0 Å². The van der Waals surface area contributed by atoms with Gasteiger partial charge in [-0.15, -0.1) is 0 Å². The normalized spacial score (nSPS) is 14.3. The lowest BCUT2D eigenvalue weighted by Gasteiger charge is -2.25. The van der Waals surface area contributed by atoms with E-state index >= 15 is 0 Å². The number of thioether (sulfide) groups is 1. The molecule has 0 aliphatic rings. The third-order valence-electron chi connectivity index (χ3n) is 3.30. The van der Waals surface area contributed by atoms with Gasteiger partial charge in [0.05, 0.1) is 6.61 Å². The van der Waals surface area contributed by atoms with Gasteiger partial charge in [0.2, 0.25) is 0 Å². The van der Waals surface area contributed by atoms with Crippen molar-refractivity contribution >= 4 is 11.8 Å². The summed E-state index contributed by atoms with van der Waals surface area (Å²) in [6.45, 7) is 7.90. The molecule has 0 amide bonds. The fourth-order valence-electron chi connectivity index (χ4n) is 2.15. The van der Waals surface area contributed by atoms with Crippen molar-refractivity contribution in [3.63, 3.8) is 0 Å². The fraction of sp³-hybridized carbons (Fsp3) is 0.625. The van der Waals surface area contributed by atoms with Crippen molar-refractivity contribution < 1.29 is 5.11 Å². The highest BCUT2D eigenvalue weighted by molar-refractivity contribution is 7.99. The minimum Gasteiger partial charge on any atom is -0.396 e. The lowest BCUT2D eigenvalue weighted by Crippen LogP contribution is -2.29. The summed E-state index contributed by atoms with van der Waals surface area (Å²) in [6, 6.07) is 9.28. The van der Waals surface area contributed by atoms with E-state index in [1.54, 1.807) is 0 Å². The van der Waals surface area contributed by atoms with Crippen LogP contribution in [-0.2, 0) is 6.42 Å². The first-order chi connectivity index (χ1) is 9.22. The van der Waals surface area contributed by atoms with E-state index in [4.69, 9.17) is 5.11 Å². The molecule has 1 aromatic rings. The minimum absolute atomic E-state index is 0.254. The zero-order valence-corrected chi connectivity index (χ0v) is 13.2. The maximum absolute atomic E-state index is 8.97. The summed E-state index contributed by atoms with van der Waals surface area (Å²) in [5.41, 5.74) is 2.73. The quantitative estimate of drug-likeness (QED) is 0.727. The zero-order chi connectivity index (χ0) is 14.1. The molecule has 2 N–H and O–H groups in total. The van der Waals surface area contributed by atoms with Crippen LogP contribution in [-0.4, -0.2) is 29.3 Å². The highest BCUT2D eigenvalue weighted by Crippen LogP contribution is 2.26. The van der Waals surface area contributed by atoms with Crippen molar-refractivity contribution in [1.29, 1.82) is 0 Å². The van der Waals surface area contributed by atoms with Gasteiger partial charge in [-0.05, 0) is 30.5 Å². The van der Waals surface area contributed by atoms with Crippen molar-refractivity contribution in [1.82, 2.24) is 5.32 Å². The molecule has 2 nitrogen and oxygen atoms in total. The molecule has 1 rings (SSSR count). The third-order valence-corrected chi connectivity index (χ3v) is 4.52. The molecule has 0 aliphatic carbocycles. The van der Waals surface area contributed by atoms with E-state index in [0.29, 0.717) is 11.3 Å². The molecule has 0 radical (unpaired) electrons. The molecule has 2 atom stereocenters. The Morgan fingerprint density at radius 1 is 1.21 bits per heavy atom. The molecule has 19 heavy (non-hydrogen) atoms. The predicted octanol–water partition coefficient (Wildman–Crippen LogP) is 3.40. The Labute approximate surface area is 122 Å². The van der Waals surface area contributed by atoms with E-state index in [0.717, 1.165) is 25.1 Å². The average Bonchev–Trinajstić information content (AvgIpc) is 2.46. The minimum atomic E-state index is 0.254. The fourth-order valence-corrected chi connectivity index (χ4v) is 3.07. The van der Waals surface area contributed by atoms with E-state index in [1.165, 1.54) is 11.1 Å². The summed E-state index contributed by atoms with van der Waals surface area (Å²) in [5.74, 6) is 0.804. The highest BCUT2D eigenvalue weighted by Gasteiger charge is 2.18. The molecule has 3 heteroatoms. The maximum atomic E-state index is 8.97. The number of hydrogen-bond acceptors (Lipinski definition) is 3. The Bertz CT molecular complexity index is 339. The molecule has 0 spiro atoms. The summed E-state index contributed by atoms with van der Waals surface area (Å²) < 4.78 is 0. The summed E-state index contributed by atoms with van der Waals surface area (Å²) in [7, 11) is 0. The molecular formula is C16H27NOS. The first kappa shape index (κ1) is 16.5. The van der Waals surface area contributed by atoms with Crippen LogP contribution in [0.1, 0.15) is 44.4 Å². The van der Waals surface area contributed by atoms with Gasteiger partial charge in [0.1, 0.15) is 0 Å². The first-order valence-corrected chi connectivity index (χ1v) is 8.32. The second kappa shape index (κ2) is 9.40. The summed E-state index contributed by atoms with van der Waals surface area (Å²) in [4.78, 5) is 0. The van der Waals surface area contributed by atoms with E-state index in [9.17, 15) is 0 Å². The van der Waals surface area contributed by atoms with Gasteiger partial charge in [0, 0.05) is 17.0 Å². The monoisotopic (exact) mass is 281 g/mol. The number of aliphatic hydroxyl groups excluding tert-OH is 1. The smallest absolute Gasteiger partial charge is 0.0521 e. The number of aryl methyl sites for hydroxylation is 1. The number of hydrogen-bond donors (Lipinski definition) is 2. The van der Waals surface area contributed by atoms with Crippen molar-refractivity contribution in [2.24, 2.45) is 0 Å². The molecule has 1 aromatic carbocycles. The Morgan fingerprint density at radius 3 is 2.42 bits per heavy atom. The molecule has 0 saturated heterocycles. The van der Waals surface area contributed by atoms with Crippen LogP contribution < -0.4 is 5.32 Å². The largest absolute Gasteiger partial charge is 0.396 e. The first-order valence-electron chi connectivity index (χ1n) is 7.27. The van der Waals surface area contributed by atoms with Gasteiger partial charge in [-0.25, -0.2) is 0 Å². The molecular weight excluding hydrogens is 254 g/mol. The Balaban J connectivity index is 2.75. The number of benzene rings is 1. The molecule has 0 heterocycles. The zero-order valence-electron chi connectivity index (χ0n) is 12.4. The van der Waals surface area contributed by atoms with Crippen LogP contribution in [0.5, 0.6) is 0 Å². The van der Waals surface area contributed by atoms with Crippen LogP contribution in [0.15, 0.2) is 24.3 Å².